The highest BCUT2D eigenvalue weighted by atomic mass is 16.5. The summed E-state index contributed by atoms with van der Waals surface area (Å²) in [6.07, 6.45) is 4.09. The standard InChI is InChI=1S/C22H24N2O3/c25-22(16-5-9-18(10-6-16)26-13-14-1-2-14)24-17-7-3-15(4-8-17)21-20-11-19(27-21)12-23-20/h3-10,14,19-21,23H,1-2,11-13H2,(H,24,25)/t19-,20?,21+/m1/s1. The Labute approximate surface area is 159 Å². The summed E-state index contributed by atoms with van der Waals surface area (Å²) in [7, 11) is 0. The van der Waals surface area contributed by atoms with Gasteiger partial charge in [0.1, 0.15) is 5.75 Å². The Morgan fingerprint density at radius 2 is 1.89 bits per heavy atom. The summed E-state index contributed by atoms with van der Waals surface area (Å²) < 4.78 is 11.7. The molecule has 1 saturated carbocycles. The van der Waals surface area contributed by atoms with Crippen molar-refractivity contribution in [2.75, 3.05) is 18.5 Å². The van der Waals surface area contributed by atoms with Crippen molar-refractivity contribution in [2.24, 2.45) is 5.92 Å². The van der Waals surface area contributed by atoms with Gasteiger partial charge in [-0.05, 0) is 67.1 Å². The van der Waals surface area contributed by atoms with Gasteiger partial charge in [-0.15, -0.1) is 0 Å². The first kappa shape index (κ1) is 16.8. The summed E-state index contributed by atoms with van der Waals surface area (Å²) in [4.78, 5) is 12.5. The van der Waals surface area contributed by atoms with E-state index in [1.165, 1.54) is 12.8 Å². The van der Waals surface area contributed by atoms with Gasteiger partial charge >= 0.3 is 0 Å². The molecule has 0 aromatic heterocycles. The van der Waals surface area contributed by atoms with Gasteiger partial charge in [-0.1, -0.05) is 12.1 Å². The van der Waals surface area contributed by atoms with Crippen LogP contribution in [-0.4, -0.2) is 31.2 Å². The molecular weight excluding hydrogens is 340 g/mol. The second-order valence-electron chi connectivity index (χ2n) is 7.78. The number of morpholine rings is 1. The zero-order valence-electron chi connectivity index (χ0n) is 15.2. The number of fused-ring (bicyclic) bond motifs is 2. The van der Waals surface area contributed by atoms with Crippen LogP contribution < -0.4 is 15.4 Å². The predicted molar refractivity (Wildman–Crippen MR) is 103 cm³/mol. The van der Waals surface area contributed by atoms with Crippen LogP contribution in [0.5, 0.6) is 5.75 Å². The molecule has 0 radical (unpaired) electrons. The highest BCUT2D eigenvalue weighted by Gasteiger charge is 2.41. The van der Waals surface area contributed by atoms with Gasteiger partial charge in [0.2, 0.25) is 0 Å². The quantitative estimate of drug-likeness (QED) is 0.823. The summed E-state index contributed by atoms with van der Waals surface area (Å²) in [6, 6.07) is 15.7. The number of anilines is 1. The van der Waals surface area contributed by atoms with Crippen LogP contribution in [0, 0.1) is 5.92 Å². The fraction of sp³-hybridized carbons (Fsp3) is 0.409. The van der Waals surface area contributed by atoms with Gasteiger partial charge in [-0.25, -0.2) is 0 Å². The SMILES string of the molecule is O=C(Nc1ccc([C@@H]2O[C@H]3CNC2C3)cc1)c1ccc(OCC2CC2)cc1. The number of nitrogens with one attached hydrogen (secondary N) is 2. The average Bonchev–Trinajstić information content (AvgIpc) is 3.29. The molecule has 2 bridgehead atoms. The number of ether oxygens (including phenoxy) is 2. The van der Waals surface area contributed by atoms with E-state index >= 15 is 0 Å². The topological polar surface area (TPSA) is 59.6 Å². The lowest BCUT2D eigenvalue weighted by atomic mass is 10.0. The Balaban J connectivity index is 1.19. The molecule has 3 atom stereocenters. The third-order valence-corrected chi connectivity index (χ3v) is 5.63. The van der Waals surface area contributed by atoms with Gasteiger partial charge in [0.05, 0.1) is 18.8 Å². The van der Waals surface area contributed by atoms with Crippen LogP contribution >= 0.6 is 0 Å². The lowest BCUT2D eigenvalue weighted by Crippen LogP contribution is -2.33. The Kier molecular flexibility index (Phi) is 4.34. The summed E-state index contributed by atoms with van der Waals surface area (Å²) in [5, 5.41) is 6.44. The Morgan fingerprint density at radius 3 is 2.52 bits per heavy atom. The molecule has 2 saturated heterocycles. The fourth-order valence-corrected chi connectivity index (χ4v) is 3.84. The molecule has 1 amide bonds. The average molecular weight is 364 g/mol. The number of carbonyl (C=O) groups is 1. The van der Waals surface area contributed by atoms with Gasteiger partial charge in [-0.2, -0.15) is 0 Å². The molecular formula is C22H24N2O3. The maximum absolute atomic E-state index is 12.5. The first-order valence-electron chi connectivity index (χ1n) is 9.77. The monoisotopic (exact) mass is 364 g/mol. The van der Waals surface area contributed by atoms with Crippen molar-refractivity contribution in [3.63, 3.8) is 0 Å². The molecule has 140 valence electrons. The van der Waals surface area contributed by atoms with E-state index in [4.69, 9.17) is 9.47 Å². The number of amides is 1. The number of hydrogen-bond donors (Lipinski definition) is 2. The number of benzene rings is 2. The molecule has 27 heavy (non-hydrogen) atoms. The zero-order chi connectivity index (χ0) is 18.2. The Hall–Kier alpha value is -2.37. The Bertz CT molecular complexity index is 814. The highest BCUT2D eigenvalue weighted by molar-refractivity contribution is 6.04. The third kappa shape index (κ3) is 3.70. The van der Waals surface area contributed by atoms with Gasteiger partial charge in [0.25, 0.3) is 5.91 Å². The van der Waals surface area contributed by atoms with E-state index in [9.17, 15) is 4.79 Å². The minimum atomic E-state index is -0.116. The Morgan fingerprint density at radius 1 is 1.11 bits per heavy atom. The van der Waals surface area contributed by atoms with Crippen molar-refractivity contribution >= 4 is 11.6 Å². The maximum atomic E-state index is 12.5. The summed E-state index contributed by atoms with van der Waals surface area (Å²) >= 11 is 0. The van der Waals surface area contributed by atoms with E-state index in [-0.39, 0.29) is 12.0 Å². The van der Waals surface area contributed by atoms with Crippen molar-refractivity contribution in [3.05, 3.63) is 59.7 Å². The van der Waals surface area contributed by atoms with Crippen molar-refractivity contribution in [3.8, 4) is 5.75 Å². The lowest BCUT2D eigenvalue weighted by molar-refractivity contribution is 0.0160. The van der Waals surface area contributed by atoms with Crippen molar-refractivity contribution < 1.29 is 14.3 Å². The van der Waals surface area contributed by atoms with Crippen LogP contribution in [0.25, 0.3) is 0 Å². The maximum Gasteiger partial charge on any atom is 0.255 e. The van der Waals surface area contributed by atoms with E-state index in [0.29, 0.717) is 17.7 Å². The minimum absolute atomic E-state index is 0.116. The van der Waals surface area contributed by atoms with E-state index in [2.05, 4.69) is 10.6 Å². The molecule has 2 aromatic carbocycles. The normalized spacial score (nSPS) is 26.1. The lowest BCUT2D eigenvalue weighted by Gasteiger charge is -2.23. The molecule has 2 N–H and O–H groups in total. The van der Waals surface area contributed by atoms with Crippen LogP contribution in [0.2, 0.25) is 0 Å². The van der Waals surface area contributed by atoms with Crippen molar-refractivity contribution in [1.29, 1.82) is 0 Å². The van der Waals surface area contributed by atoms with E-state index in [1.807, 2.05) is 36.4 Å². The molecule has 2 aromatic rings. The van der Waals surface area contributed by atoms with Crippen molar-refractivity contribution in [1.82, 2.24) is 5.32 Å². The molecule has 1 unspecified atom stereocenters. The molecule has 5 rings (SSSR count). The van der Waals surface area contributed by atoms with Crippen molar-refractivity contribution in [2.45, 2.75) is 37.5 Å². The largest absolute Gasteiger partial charge is 0.493 e. The number of carbonyl (C=O) groups excluding carboxylic acids is 1. The van der Waals surface area contributed by atoms with Gasteiger partial charge < -0.3 is 20.1 Å². The van der Waals surface area contributed by atoms with Gasteiger partial charge in [0.15, 0.2) is 0 Å². The zero-order valence-corrected chi connectivity index (χ0v) is 15.2. The fourth-order valence-electron chi connectivity index (χ4n) is 3.84. The van der Waals surface area contributed by atoms with Crippen LogP contribution in [0.1, 0.15) is 41.3 Å². The van der Waals surface area contributed by atoms with Crippen LogP contribution in [-0.2, 0) is 4.74 Å². The molecule has 1 aliphatic carbocycles. The molecule has 5 nitrogen and oxygen atoms in total. The summed E-state index contributed by atoms with van der Waals surface area (Å²) in [6.45, 7) is 1.74. The molecule has 3 fully saturated rings. The van der Waals surface area contributed by atoms with Gasteiger partial charge in [0, 0.05) is 23.8 Å². The summed E-state index contributed by atoms with van der Waals surface area (Å²) in [5.41, 5.74) is 2.57. The first-order chi connectivity index (χ1) is 13.2. The van der Waals surface area contributed by atoms with Gasteiger partial charge in [-0.3, -0.25) is 4.79 Å². The smallest absolute Gasteiger partial charge is 0.255 e. The number of rotatable bonds is 6. The first-order valence-corrected chi connectivity index (χ1v) is 9.77. The molecule has 0 spiro atoms. The van der Waals surface area contributed by atoms with E-state index in [0.717, 1.165) is 42.5 Å². The molecule has 5 heteroatoms. The van der Waals surface area contributed by atoms with Crippen LogP contribution in [0.3, 0.4) is 0 Å². The number of hydrogen-bond acceptors (Lipinski definition) is 4. The summed E-state index contributed by atoms with van der Waals surface area (Å²) in [5.74, 6) is 1.42. The predicted octanol–water partition coefficient (Wildman–Crippen LogP) is 3.53. The highest BCUT2D eigenvalue weighted by Crippen LogP contribution is 2.37. The van der Waals surface area contributed by atoms with Crippen LogP contribution in [0.15, 0.2) is 48.5 Å². The van der Waals surface area contributed by atoms with E-state index < -0.39 is 0 Å². The molecule has 2 aliphatic heterocycles. The second-order valence-corrected chi connectivity index (χ2v) is 7.78. The minimum Gasteiger partial charge on any atom is -0.493 e. The van der Waals surface area contributed by atoms with E-state index in [1.54, 1.807) is 12.1 Å². The second kappa shape index (κ2) is 6.98. The van der Waals surface area contributed by atoms with Crippen LogP contribution in [0.4, 0.5) is 5.69 Å². The molecule has 2 heterocycles. The third-order valence-electron chi connectivity index (χ3n) is 5.63. The molecule has 3 aliphatic rings.